The molecule has 1 heterocycles. The van der Waals surface area contributed by atoms with Crippen LogP contribution in [-0.2, 0) is 29.6 Å². The lowest BCUT2D eigenvalue weighted by molar-refractivity contribution is -0.123. The molecule has 2 aromatic rings. The Labute approximate surface area is 159 Å². The fourth-order valence-corrected chi connectivity index (χ4v) is 5.06. The Bertz CT molecular complexity index is 936. The van der Waals surface area contributed by atoms with E-state index in [9.17, 15) is 9.59 Å². The van der Waals surface area contributed by atoms with Crippen LogP contribution in [0.25, 0.3) is 0 Å². The zero-order chi connectivity index (χ0) is 18.4. The number of carbonyl (C=O) groups is 2. The van der Waals surface area contributed by atoms with Gasteiger partial charge >= 0.3 is 0 Å². The van der Waals surface area contributed by atoms with Crippen molar-refractivity contribution in [3.63, 3.8) is 0 Å². The van der Waals surface area contributed by atoms with Crippen molar-refractivity contribution in [2.45, 2.75) is 44.1 Å². The smallest absolute Gasteiger partial charge is 0.251 e. The van der Waals surface area contributed by atoms with Gasteiger partial charge < -0.3 is 10.6 Å². The molecule has 3 aliphatic rings. The van der Waals surface area contributed by atoms with Gasteiger partial charge in [0, 0.05) is 30.0 Å². The fraction of sp³-hybridized carbons (Fsp3) is 0.391. The highest BCUT2D eigenvalue weighted by molar-refractivity contribution is 5.96. The van der Waals surface area contributed by atoms with Crippen molar-refractivity contribution in [2.24, 2.45) is 5.92 Å². The first-order valence-corrected chi connectivity index (χ1v) is 9.93. The minimum atomic E-state index is -0.00983. The highest BCUT2D eigenvalue weighted by Crippen LogP contribution is 2.60. The van der Waals surface area contributed by atoms with Gasteiger partial charge in [0.25, 0.3) is 5.91 Å². The Morgan fingerprint density at radius 1 is 1.15 bits per heavy atom. The zero-order valence-electron chi connectivity index (χ0n) is 15.4. The predicted octanol–water partition coefficient (Wildman–Crippen LogP) is 2.88. The molecule has 1 fully saturated rings. The highest BCUT2D eigenvalue weighted by Gasteiger charge is 2.59. The van der Waals surface area contributed by atoms with Crippen LogP contribution in [0.2, 0.25) is 0 Å². The molecule has 1 spiro atoms. The molecule has 2 unspecified atom stereocenters. The van der Waals surface area contributed by atoms with Gasteiger partial charge in [-0.05, 0) is 60.4 Å². The Hall–Kier alpha value is -2.62. The minimum absolute atomic E-state index is 0.00983. The number of aryl methyl sites for hydroxylation is 1. The third-order valence-corrected chi connectivity index (χ3v) is 6.58. The minimum Gasteiger partial charge on any atom is -0.352 e. The zero-order valence-corrected chi connectivity index (χ0v) is 15.4. The lowest BCUT2D eigenvalue weighted by Crippen LogP contribution is -2.32. The van der Waals surface area contributed by atoms with Gasteiger partial charge in [-0.3, -0.25) is 9.59 Å². The topological polar surface area (TPSA) is 58.2 Å². The van der Waals surface area contributed by atoms with Crippen molar-refractivity contribution >= 4 is 11.8 Å². The van der Waals surface area contributed by atoms with Crippen LogP contribution in [0.4, 0.5) is 0 Å². The van der Waals surface area contributed by atoms with E-state index < -0.39 is 0 Å². The molecule has 0 radical (unpaired) electrons. The normalized spacial score (nSPS) is 25.3. The maximum Gasteiger partial charge on any atom is 0.251 e. The van der Waals surface area contributed by atoms with E-state index >= 15 is 0 Å². The first-order chi connectivity index (χ1) is 13.2. The summed E-state index contributed by atoms with van der Waals surface area (Å²) in [6.45, 7) is 1.18. The first-order valence-electron chi connectivity index (χ1n) is 9.93. The first kappa shape index (κ1) is 16.5. The van der Waals surface area contributed by atoms with Crippen molar-refractivity contribution in [3.05, 3.63) is 70.3 Å². The third kappa shape index (κ3) is 2.75. The number of carbonyl (C=O) groups excluding carboxylic acids is 2. The maximum atomic E-state index is 12.8. The van der Waals surface area contributed by atoms with Crippen LogP contribution in [-0.4, -0.2) is 18.4 Å². The third-order valence-electron chi connectivity index (χ3n) is 6.58. The lowest BCUT2D eigenvalue weighted by atomic mass is 9.78. The second kappa shape index (κ2) is 6.22. The van der Waals surface area contributed by atoms with E-state index in [0.29, 0.717) is 13.1 Å². The summed E-state index contributed by atoms with van der Waals surface area (Å²) in [5.74, 6) is 0.220. The van der Waals surface area contributed by atoms with E-state index in [-0.39, 0.29) is 23.1 Å². The largest absolute Gasteiger partial charge is 0.352 e. The van der Waals surface area contributed by atoms with E-state index in [0.717, 1.165) is 42.4 Å². The molecule has 0 saturated heterocycles. The molecular formula is C23H24N2O2. The van der Waals surface area contributed by atoms with Crippen molar-refractivity contribution in [1.29, 1.82) is 0 Å². The number of hydrogen-bond acceptors (Lipinski definition) is 2. The number of benzene rings is 2. The molecule has 2 atom stereocenters. The molecule has 4 heteroatoms. The molecule has 27 heavy (non-hydrogen) atoms. The van der Waals surface area contributed by atoms with Gasteiger partial charge in [-0.1, -0.05) is 36.4 Å². The van der Waals surface area contributed by atoms with E-state index in [4.69, 9.17) is 0 Å². The van der Waals surface area contributed by atoms with E-state index in [2.05, 4.69) is 34.9 Å². The number of fused-ring (bicyclic) bond motifs is 3. The molecule has 1 aliphatic heterocycles. The standard InChI is InChI=1S/C23H24N2O2/c26-21-18-12-15(7-8-16(18)9-11-24-21)14-25-22(27)20-13-23(20)10-3-5-17-4-1-2-6-19(17)23/h1-2,4,6-8,12,20H,3,5,9-11,13-14H2,(H,24,26)(H,25,27). The molecule has 0 aromatic heterocycles. The number of hydrogen-bond donors (Lipinski definition) is 2. The Balaban J connectivity index is 1.28. The SMILES string of the molecule is O=C1NCCc2ccc(CNC(=O)C3CC34CCCc3ccccc34)cc21. The van der Waals surface area contributed by atoms with Crippen molar-refractivity contribution < 1.29 is 9.59 Å². The quantitative estimate of drug-likeness (QED) is 0.884. The van der Waals surface area contributed by atoms with Crippen LogP contribution in [0, 0.1) is 5.92 Å². The number of nitrogens with one attached hydrogen (secondary N) is 2. The van der Waals surface area contributed by atoms with Crippen LogP contribution >= 0.6 is 0 Å². The monoisotopic (exact) mass is 360 g/mol. The molecule has 5 rings (SSSR count). The molecule has 1 saturated carbocycles. The summed E-state index contributed by atoms with van der Waals surface area (Å²) in [6, 6.07) is 14.6. The maximum absolute atomic E-state index is 12.8. The van der Waals surface area contributed by atoms with Crippen LogP contribution < -0.4 is 10.6 Å². The van der Waals surface area contributed by atoms with Crippen molar-refractivity contribution in [3.8, 4) is 0 Å². The van der Waals surface area contributed by atoms with Gasteiger partial charge in [-0.2, -0.15) is 0 Å². The highest BCUT2D eigenvalue weighted by atomic mass is 16.2. The van der Waals surface area contributed by atoms with E-state index in [1.54, 1.807) is 0 Å². The molecular weight excluding hydrogens is 336 g/mol. The van der Waals surface area contributed by atoms with Crippen LogP contribution in [0.1, 0.15) is 51.9 Å². The van der Waals surface area contributed by atoms with Crippen LogP contribution in [0.3, 0.4) is 0 Å². The van der Waals surface area contributed by atoms with Gasteiger partial charge in [-0.25, -0.2) is 0 Å². The van der Waals surface area contributed by atoms with Gasteiger partial charge in [0.1, 0.15) is 0 Å². The Morgan fingerprint density at radius 3 is 2.96 bits per heavy atom. The summed E-state index contributed by atoms with van der Waals surface area (Å²) in [5.41, 5.74) is 5.69. The number of amides is 2. The van der Waals surface area contributed by atoms with E-state index in [1.807, 2.05) is 18.2 Å². The summed E-state index contributed by atoms with van der Waals surface area (Å²) in [6.07, 6.45) is 5.24. The fourth-order valence-electron chi connectivity index (χ4n) is 5.06. The summed E-state index contributed by atoms with van der Waals surface area (Å²) < 4.78 is 0. The lowest BCUT2D eigenvalue weighted by Gasteiger charge is -2.26. The molecule has 138 valence electrons. The van der Waals surface area contributed by atoms with Crippen molar-refractivity contribution in [2.75, 3.05) is 6.54 Å². The average Bonchev–Trinajstić information content (AvgIpc) is 3.42. The van der Waals surface area contributed by atoms with Crippen molar-refractivity contribution in [1.82, 2.24) is 10.6 Å². The van der Waals surface area contributed by atoms with Gasteiger partial charge in [0.15, 0.2) is 0 Å². The second-order valence-electron chi connectivity index (χ2n) is 8.14. The number of rotatable bonds is 3. The molecule has 4 nitrogen and oxygen atoms in total. The van der Waals surface area contributed by atoms with E-state index in [1.165, 1.54) is 17.5 Å². The molecule has 2 N–H and O–H groups in total. The molecule has 0 bridgehead atoms. The molecule has 2 aliphatic carbocycles. The summed E-state index contributed by atoms with van der Waals surface area (Å²) in [4.78, 5) is 24.8. The van der Waals surface area contributed by atoms with Crippen LogP contribution in [0.15, 0.2) is 42.5 Å². The Kier molecular flexibility index (Phi) is 3.81. The Morgan fingerprint density at radius 2 is 2.04 bits per heavy atom. The van der Waals surface area contributed by atoms with Gasteiger partial charge in [0.05, 0.1) is 0 Å². The summed E-state index contributed by atoms with van der Waals surface area (Å²) >= 11 is 0. The van der Waals surface area contributed by atoms with Gasteiger partial charge in [-0.15, -0.1) is 0 Å². The second-order valence-corrected chi connectivity index (χ2v) is 8.14. The summed E-state index contributed by atoms with van der Waals surface area (Å²) in [7, 11) is 0. The molecule has 2 amide bonds. The molecule has 2 aromatic carbocycles. The average molecular weight is 360 g/mol. The van der Waals surface area contributed by atoms with Gasteiger partial charge in [0.2, 0.25) is 5.91 Å². The van der Waals surface area contributed by atoms with Crippen LogP contribution in [0.5, 0.6) is 0 Å². The summed E-state index contributed by atoms with van der Waals surface area (Å²) in [5, 5.41) is 5.99. The predicted molar refractivity (Wildman–Crippen MR) is 103 cm³/mol.